The molecular formula is C20H20F3N5O. The Hall–Kier alpha value is -2.97. The average Bonchev–Trinajstić information content (AvgIpc) is 3.11. The van der Waals surface area contributed by atoms with Crippen molar-refractivity contribution < 1.29 is 13.2 Å². The highest BCUT2D eigenvalue weighted by molar-refractivity contribution is 5.57. The lowest BCUT2D eigenvalue weighted by atomic mass is 9.79. The van der Waals surface area contributed by atoms with Crippen LogP contribution in [0.4, 0.5) is 13.2 Å². The lowest BCUT2D eigenvalue weighted by Gasteiger charge is -2.38. The van der Waals surface area contributed by atoms with Gasteiger partial charge in [0.1, 0.15) is 17.2 Å². The van der Waals surface area contributed by atoms with Gasteiger partial charge in [-0.2, -0.15) is 13.2 Å². The normalized spacial score (nSPS) is 19.2. The Morgan fingerprint density at radius 2 is 1.97 bits per heavy atom. The van der Waals surface area contributed by atoms with E-state index in [1.807, 2.05) is 11.6 Å². The Morgan fingerprint density at radius 3 is 2.59 bits per heavy atom. The van der Waals surface area contributed by atoms with Gasteiger partial charge in [0.05, 0.1) is 16.8 Å². The number of halogens is 3. The van der Waals surface area contributed by atoms with E-state index in [4.69, 9.17) is 0 Å². The van der Waals surface area contributed by atoms with Crippen molar-refractivity contribution in [2.75, 3.05) is 0 Å². The standard InChI is InChI=1S/C20H20F3N5O/c1-3-19(13-6-8-14(9-7-13)20(21,22)23)10-4-5-16-18(26-27-28(16)19)15-11-17(29)25-12(2)24-15/h6-9,11H,3-5,10H2,1-2H3,(H,24,25,29)/t19-/m1/s1. The van der Waals surface area contributed by atoms with Crippen LogP contribution in [-0.4, -0.2) is 25.0 Å². The molecule has 1 aliphatic heterocycles. The number of alkyl halides is 3. The highest BCUT2D eigenvalue weighted by Crippen LogP contribution is 2.42. The molecule has 29 heavy (non-hydrogen) atoms. The van der Waals surface area contributed by atoms with E-state index in [2.05, 4.69) is 20.3 Å². The minimum Gasteiger partial charge on any atom is -0.311 e. The molecule has 0 saturated carbocycles. The van der Waals surface area contributed by atoms with Crippen LogP contribution in [0, 0.1) is 6.92 Å². The van der Waals surface area contributed by atoms with E-state index in [1.165, 1.54) is 18.2 Å². The van der Waals surface area contributed by atoms with E-state index in [0.717, 1.165) is 36.2 Å². The zero-order valence-electron chi connectivity index (χ0n) is 16.0. The van der Waals surface area contributed by atoms with Gasteiger partial charge in [0.2, 0.25) is 0 Å². The monoisotopic (exact) mass is 403 g/mol. The summed E-state index contributed by atoms with van der Waals surface area (Å²) in [6, 6.07) is 6.66. The molecule has 6 nitrogen and oxygen atoms in total. The maximum atomic E-state index is 13.0. The first kappa shape index (κ1) is 19.4. The van der Waals surface area contributed by atoms with Gasteiger partial charge in [-0.05, 0) is 50.3 Å². The highest BCUT2D eigenvalue weighted by Gasteiger charge is 2.40. The van der Waals surface area contributed by atoms with Gasteiger partial charge in [-0.15, -0.1) is 5.10 Å². The van der Waals surface area contributed by atoms with Crippen LogP contribution in [0.3, 0.4) is 0 Å². The Labute approximate surface area is 164 Å². The quantitative estimate of drug-likeness (QED) is 0.721. The Morgan fingerprint density at radius 1 is 1.24 bits per heavy atom. The second kappa shape index (κ2) is 6.82. The molecule has 152 valence electrons. The molecule has 0 fully saturated rings. The summed E-state index contributed by atoms with van der Waals surface area (Å²) in [4.78, 5) is 18.8. The van der Waals surface area contributed by atoms with E-state index in [1.54, 1.807) is 6.92 Å². The summed E-state index contributed by atoms with van der Waals surface area (Å²) in [5.41, 5.74) is 1.08. The third-order valence-corrected chi connectivity index (χ3v) is 5.61. The van der Waals surface area contributed by atoms with Crippen molar-refractivity contribution in [3.05, 3.63) is 63.3 Å². The van der Waals surface area contributed by atoms with E-state index in [9.17, 15) is 18.0 Å². The van der Waals surface area contributed by atoms with E-state index in [0.29, 0.717) is 30.1 Å². The van der Waals surface area contributed by atoms with Gasteiger partial charge in [0.15, 0.2) is 0 Å². The molecule has 1 aromatic carbocycles. The molecule has 0 spiro atoms. The number of aryl methyl sites for hydroxylation is 1. The third kappa shape index (κ3) is 3.24. The van der Waals surface area contributed by atoms with Gasteiger partial charge >= 0.3 is 6.18 Å². The molecule has 4 rings (SSSR count). The largest absolute Gasteiger partial charge is 0.416 e. The van der Waals surface area contributed by atoms with Gasteiger partial charge in [-0.3, -0.25) is 4.79 Å². The maximum absolute atomic E-state index is 13.0. The number of hydrogen-bond acceptors (Lipinski definition) is 4. The molecule has 1 aliphatic rings. The van der Waals surface area contributed by atoms with Crippen LogP contribution in [0.5, 0.6) is 0 Å². The molecule has 2 aromatic heterocycles. The number of aromatic nitrogens is 5. The van der Waals surface area contributed by atoms with E-state index >= 15 is 0 Å². The van der Waals surface area contributed by atoms with Crippen LogP contribution >= 0.6 is 0 Å². The number of aromatic amines is 1. The number of rotatable bonds is 3. The summed E-state index contributed by atoms with van der Waals surface area (Å²) in [6.45, 7) is 3.68. The number of H-pyrrole nitrogens is 1. The molecular weight excluding hydrogens is 383 g/mol. The van der Waals surface area contributed by atoms with Crippen molar-refractivity contribution >= 4 is 0 Å². The molecule has 0 saturated heterocycles. The van der Waals surface area contributed by atoms with Crippen molar-refractivity contribution in [1.82, 2.24) is 25.0 Å². The van der Waals surface area contributed by atoms with E-state index in [-0.39, 0.29) is 5.56 Å². The van der Waals surface area contributed by atoms with Crippen molar-refractivity contribution in [3.8, 4) is 11.4 Å². The number of benzene rings is 1. The van der Waals surface area contributed by atoms with Crippen molar-refractivity contribution in [2.24, 2.45) is 0 Å². The molecule has 3 aromatic rings. The minimum absolute atomic E-state index is 0.269. The SMILES string of the molecule is CC[C@]1(c2ccc(C(F)(F)F)cc2)CCCc2c(-c3cc(=O)[nH]c(C)n3)nnn21. The number of fused-ring (bicyclic) bond motifs is 1. The van der Waals surface area contributed by atoms with Gasteiger partial charge in [0.25, 0.3) is 5.56 Å². The summed E-state index contributed by atoms with van der Waals surface area (Å²) < 4.78 is 40.7. The molecule has 3 heterocycles. The maximum Gasteiger partial charge on any atom is 0.416 e. The van der Waals surface area contributed by atoms with Crippen LogP contribution in [0.1, 0.15) is 48.8 Å². The second-order valence-corrected chi connectivity index (χ2v) is 7.33. The molecule has 0 aliphatic carbocycles. The molecule has 0 radical (unpaired) electrons. The first-order chi connectivity index (χ1) is 13.7. The fourth-order valence-corrected chi connectivity index (χ4v) is 4.19. The summed E-state index contributed by atoms with van der Waals surface area (Å²) in [7, 11) is 0. The molecule has 1 atom stereocenters. The number of nitrogens with one attached hydrogen (secondary N) is 1. The fraction of sp³-hybridized carbons (Fsp3) is 0.400. The summed E-state index contributed by atoms with van der Waals surface area (Å²) in [6.07, 6.45) is -1.45. The smallest absolute Gasteiger partial charge is 0.311 e. The van der Waals surface area contributed by atoms with Crippen LogP contribution < -0.4 is 5.56 Å². The van der Waals surface area contributed by atoms with Crippen LogP contribution in [0.2, 0.25) is 0 Å². The summed E-state index contributed by atoms with van der Waals surface area (Å²) in [5.74, 6) is 0.481. The molecule has 9 heteroatoms. The van der Waals surface area contributed by atoms with Gasteiger partial charge in [0, 0.05) is 6.07 Å². The second-order valence-electron chi connectivity index (χ2n) is 7.33. The Kier molecular flexibility index (Phi) is 4.55. The zero-order chi connectivity index (χ0) is 20.8. The van der Waals surface area contributed by atoms with Crippen LogP contribution in [-0.2, 0) is 18.1 Å². The molecule has 0 bridgehead atoms. The molecule has 1 N–H and O–H groups in total. The Bertz CT molecular complexity index is 1100. The van der Waals surface area contributed by atoms with Gasteiger partial charge < -0.3 is 4.98 Å². The zero-order valence-corrected chi connectivity index (χ0v) is 16.0. The van der Waals surface area contributed by atoms with Gasteiger partial charge in [-0.1, -0.05) is 24.3 Å². The highest BCUT2D eigenvalue weighted by atomic mass is 19.4. The lowest BCUT2D eigenvalue weighted by Crippen LogP contribution is -2.39. The number of nitrogens with zero attached hydrogens (tertiary/aromatic N) is 4. The fourth-order valence-electron chi connectivity index (χ4n) is 4.19. The van der Waals surface area contributed by atoms with Crippen molar-refractivity contribution in [1.29, 1.82) is 0 Å². The topological polar surface area (TPSA) is 76.5 Å². The molecule has 0 amide bonds. The third-order valence-electron chi connectivity index (χ3n) is 5.61. The van der Waals surface area contributed by atoms with Gasteiger partial charge in [-0.25, -0.2) is 9.67 Å². The van der Waals surface area contributed by atoms with Crippen LogP contribution in [0.25, 0.3) is 11.4 Å². The first-order valence-electron chi connectivity index (χ1n) is 9.46. The Balaban J connectivity index is 1.83. The minimum atomic E-state index is -4.38. The molecule has 0 unspecified atom stereocenters. The predicted molar refractivity (Wildman–Crippen MR) is 100 cm³/mol. The first-order valence-corrected chi connectivity index (χ1v) is 9.46. The van der Waals surface area contributed by atoms with E-state index < -0.39 is 17.3 Å². The van der Waals surface area contributed by atoms with Crippen LogP contribution in [0.15, 0.2) is 35.1 Å². The van der Waals surface area contributed by atoms with Crippen molar-refractivity contribution in [3.63, 3.8) is 0 Å². The average molecular weight is 403 g/mol. The van der Waals surface area contributed by atoms with Crippen molar-refractivity contribution in [2.45, 2.75) is 51.2 Å². The summed E-state index contributed by atoms with van der Waals surface area (Å²) in [5, 5.41) is 8.65. The predicted octanol–water partition coefficient (Wildman–Crippen LogP) is 3.85. The summed E-state index contributed by atoms with van der Waals surface area (Å²) >= 11 is 0. The lowest BCUT2D eigenvalue weighted by molar-refractivity contribution is -0.137. The number of hydrogen-bond donors (Lipinski definition) is 1.